The fraction of sp³-hybridized carbons (Fsp3) is 0.435. The van der Waals surface area contributed by atoms with E-state index in [0.29, 0.717) is 40.8 Å². The summed E-state index contributed by atoms with van der Waals surface area (Å²) in [5.74, 6) is -0.524. The molecule has 0 bridgehead atoms. The van der Waals surface area contributed by atoms with Crippen molar-refractivity contribution in [1.29, 1.82) is 0 Å². The Labute approximate surface area is 202 Å². The number of carbonyl (C=O) groups is 2. The van der Waals surface area contributed by atoms with Crippen LogP contribution in [0, 0.1) is 10.1 Å². The van der Waals surface area contributed by atoms with Gasteiger partial charge in [0.2, 0.25) is 5.91 Å². The second kappa shape index (κ2) is 9.98. The van der Waals surface area contributed by atoms with Gasteiger partial charge in [-0.3, -0.25) is 14.9 Å². The van der Waals surface area contributed by atoms with Crippen molar-refractivity contribution in [3.63, 3.8) is 0 Å². The first kappa shape index (κ1) is 24.0. The number of hydrogen-bond acceptors (Lipinski definition) is 9. The number of thioether (sulfide) groups is 1. The molecule has 1 aromatic rings. The highest BCUT2D eigenvalue weighted by Crippen LogP contribution is 2.45. The van der Waals surface area contributed by atoms with E-state index < -0.39 is 16.9 Å². The predicted molar refractivity (Wildman–Crippen MR) is 129 cm³/mol. The van der Waals surface area contributed by atoms with E-state index in [4.69, 9.17) is 4.74 Å². The van der Waals surface area contributed by atoms with Gasteiger partial charge in [-0.15, -0.1) is 0 Å². The van der Waals surface area contributed by atoms with Gasteiger partial charge in [-0.05, 0) is 31.9 Å². The number of piperazine rings is 1. The number of aliphatic imine (C=N–C) groups is 1. The Morgan fingerprint density at radius 3 is 2.68 bits per heavy atom. The second-order valence-electron chi connectivity index (χ2n) is 8.33. The number of hydrogen-bond donors (Lipinski definition) is 0. The molecule has 0 aromatic heterocycles. The third-order valence-corrected chi connectivity index (χ3v) is 6.97. The summed E-state index contributed by atoms with van der Waals surface area (Å²) in [6, 6.07) is 5.53. The Morgan fingerprint density at radius 1 is 1.26 bits per heavy atom. The Kier molecular flexibility index (Phi) is 7.03. The van der Waals surface area contributed by atoms with Gasteiger partial charge in [0.1, 0.15) is 0 Å². The first-order valence-electron chi connectivity index (χ1n) is 11.1. The normalized spacial score (nSPS) is 20.6. The van der Waals surface area contributed by atoms with Crippen LogP contribution < -0.4 is 0 Å². The highest BCUT2D eigenvalue weighted by Gasteiger charge is 2.41. The number of nitrogens with zero attached hydrogens (tertiary/aromatic N) is 5. The van der Waals surface area contributed by atoms with Gasteiger partial charge in [-0.1, -0.05) is 23.9 Å². The number of likely N-dealkylation sites (N-methyl/N-ethyl adjacent to an activating group) is 1. The van der Waals surface area contributed by atoms with Crippen LogP contribution in [0.15, 0.2) is 51.6 Å². The number of fused-ring (bicyclic) bond motifs is 1. The van der Waals surface area contributed by atoms with Crippen LogP contribution in [-0.2, 0) is 14.3 Å². The third kappa shape index (κ3) is 4.71. The lowest BCUT2D eigenvalue weighted by molar-refractivity contribution is -0.384. The number of allylic oxidation sites excluding steroid dienone is 1. The quantitative estimate of drug-likeness (QED) is 0.344. The maximum Gasteiger partial charge on any atom is 0.338 e. The van der Waals surface area contributed by atoms with E-state index in [0.717, 1.165) is 13.1 Å². The topological polar surface area (TPSA) is 109 Å². The van der Waals surface area contributed by atoms with Crippen LogP contribution >= 0.6 is 11.8 Å². The molecule has 1 aromatic carbocycles. The molecule has 0 N–H and O–H groups in total. The molecule has 3 heterocycles. The number of amides is 1. The van der Waals surface area contributed by atoms with Crippen LogP contribution in [0.1, 0.15) is 31.9 Å². The molecule has 1 fully saturated rings. The molecule has 3 aliphatic rings. The molecule has 34 heavy (non-hydrogen) atoms. The average Bonchev–Trinajstić information content (AvgIpc) is 3.20. The van der Waals surface area contributed by atoms with Crippen molar-refractivity contribution in [1.82, 2.24) is 14.7 Å². The molecule has 180 valence electrons. The fourth-order valence-corrected chi connectivity index (χ4v) is 5.25. The lowest BCUT2D eigenvalue weighted by atomic mass is 9.93. The molecular formula is C23H27N5O5S. The van der Waals surface area contributed by atoms with E-state index >= 15 is 0 Å². The molecule has 11 heteroatoms. The minimum Gasteiger partial charge on any atom is -0.463 e. The molecule has 1 saturated heterocycles. The zero-order valence-electron chi connectivity index (χ0n) is 19.4. The molecule has 4 rings (SSSR count). The predicted octanol–water partition coefficient (Wildman–Crippen LogP) is 2.90. The van der Waals surface area contributed by atoms with E-state index in [1.807, 2.05) is 22.3 Å². The summed E-state index contributed by atoms with van der Waals surface area (Å²) in [6.45, 7) is 6.61. The van der Waals surface area contributed by atoms with Crippen molar-refractivity contribution in [2.45, 2.75) is 26.3 Å². The summed E-state index contributed by atoms with van der Waals surface area (Å²) in [4.78, 5) is 47.6. The van der Waals surface area contributed by atoms with Crippen molar-refractivity contribution in [3.8, 4) is 0 Å². The van der Waals surface area contributed by atoms with Gasteiger partial charge in [0.15, 0.2) is 5.17 Å². The Morgan fingerprint density at radius 2 is 2.00 bits per heavy atom. The maximum atomic E-state index is 13.1. The zero-order chi connectivity index (χ0) is 24.4. The Balaban J connectivity index is 1.70. The first-order valence-corrected chi connectivity index (χ1v) is 12.0. The van der Waals surface area contributed by atoms with Gasteiger partial charge < -0.3 is 19.4 Å². The summed E-state index contributed by atoms with van der Waals surface area (Å²) >= 11 is 1.38. The minimum atomic E-state index is -0.687. The SMILES string of the molecule is CCOC(=O)C1=C(C)N=C2SC=C(CC(=O)N3CCN(C)CC3)N2[C@H]1c1cccc([N+](=O)[O-])c1. The van der Waals surface area contributed by atoms with Gasteiger partial charge in [0.25, 0.3) is 5.69 Å². The van der Waals surface area contributed by atoms with Crippen LogP contribution in [0.2, 0.25) is 0 Å². The van der Waals surface area contributed by atoms with Crippen LogP contribution in [0.4, 0.5) is 5.69 Å². The molecule has 0 radical (unpaired) electrons. The summed E-state index contributed by atoms with van der Waals surface area (Å²) in [5, 5.41) is 14.0. The number of nitro benzene ring substituents is 1. The number of nitro groups is 1. The lowest BCUT2D eigenvalue weighted by Crippen LogP contribution is -2.47. The van der Waals surface area contributed by atoms with Crippen molar-refractivity contribution in [3.05, 3.63) is 62.3 Å². The van der Waals surface area contributed by atoms with Crippen molar-refractivity contribution >= 4 is 34.5 Å². The Hall–Kier alpha value is -3.18. The molecule has 1 atom stereocenters. The van der Waals surface area contributed by atoms with Crippen molar-refractivity contribution < 1.29 is 19.2 Å². The Bertz CT molecular complexity index is 1110. The first-order chi connectivity index (χ1) is 16.3. The van der Waals surface area contributed by atoms with Crippen LogP contribution in [0.3, 0.4) is 0 Å². The van der Waals surface area contributed by atoms with Crippen LogP contribution in [0.25, 0.3) is 0 Å². The number of carbonyl (C=O) groups excluding carboxylic acids is 2. The van der Waals surface area contributed by atoms with E-state index in [9.17, 15) is 19.7 Å². The van der Waals surface area contributed by atoms with Gasteiger partial charge in [0.05, 0.1) is 35.3 Å². The summed E-state index contributed by atoms with van der Waals surface area (Å²) < 4.78 is 5.32. The van der Waals surface area contributed by atoms with E-state index in [2.05, 4.69) is 9.89 Å². The summed E-state index contributed by atoms with van der Waals surface area (Å²) in [6.07, 6.45) is 0.149. The average molecular weight is 486 g/mol. The van der Waals surface area contributed by atoms with Crippen LogP contribution in [-0.4, -0.2) is 76.5 Å². The largest absolute Gasteiger partial charge is 0.463 e. The van der Waals surface area contributed by atoms with Crippen LogP contribution in [0.5, 0.6) is 0 Å². The van der Waals surface area contributed by atoms with Gasteiger partial charge in [-0.2, -0.15) is 0 Å². The number of non-ortho nitro benzene ring substituents is 1. The highest BCUT2D eigenvalue weighted by molar-refractivity contribution is 8.16. The third-order valence-electron chi connectivity index (χ3n) is 6.08. The molecule has 3 aliphatic heterocycles. The number of amidine groups is 1. The van der Waals surface area contributed by atoms with Gasteiger partial charge >= 0.3 is 5.97 Å². The number of ether oxygens (including phenoxy) is 1. The maximum absolute atomic E-state index is 13.1. The summed E-state index contributed by atoms with van der Waals surface area (Å²) in [5.41, 5.74) is 2.00. The van der Waals surface area contributed by atoms with E-state index in [1.165, 1.54) is 23.9 Å². The standard InChI is InChI=1S/C23H27N5O5S/c1-4-33-22(30)20-15(2)24-23-27(21(20)16-6-5-7-17(12-16)28(31)32)18(14-34-23)13-19(29)26-10-8-25(3)9-11-26/h5-7,12,14,21H,4,8-11,13H2,1-3H3/t21-/m0/s1. The molecule has 1 amide bonds. The smallest absolute Gasteiger partial charge is 0.338 e. The highest BCUT2D eigenvalue weighted by atomic mass is 32.2. The van der Waals surface area contributed by atoms with E-state index in [-0.39, 0.29) is 24.6 Å². The number of esters is 1. The van der Waals surface area contributed by atoms with Crippen molar-refractivity contribution in [2.75, 3.05) is 39.8 Å². The van der Waals surface area contributed by atoms with Gasteiger partial charge in [-0.25, -0.2) is 9.79 Å². The number of benzene rings is 1. The molecule has 0 saturated carbocycles. The lowest BCUT2D eigenvalue weighted by Gasteiger charge is -2.37. The van der Waals surface area contributed by atoms with E-state index in [1.54, 1.807) is 26.0 Å². The summed E-state index contributed by atoms with van der Waals surface area (Å²) in [7, 11) is 2.03. The minimum absolute atomic E-state index is 0.00273. The molecule has 0 aliphatic carbocycles. The number of rotatable bonds is 6. The zero-order valence-corrected chi connectivity index (χ0v) is 20.2. The second-order valence-corrected chi connectivity index (χ2v) is 9.16. The monoisotopic (exact) mass is 485 g/mol. The molecular weight excluding hydrogens is 458 g/mol. The molecule has 10 nitrogen and oxygen atoms in total. The molecule has 0 spiro atoms. The van der Waals surface area contributed by atoms with Crippen molar-refractivity contribution in [2.24, 2.45) is 4.99 Å². The fourth-order valence-electron chi connectivity index (χ4n) is 4.29. The molecule has 0 unspecified atom stereocenters. The van der Waals surface area contributed by atoms with Gasteiger partial charge in [0, 0.05) is 44.0 Å².